The summed E-state index contributed by atoms with van der Waals surface area (Å²) in [5.74, 6) is -2.61. The Morgan fingerprint density at radius 1 is 1.13 bits per heavy atom. The second kappa shape index (κ2) is 5.49. The number of rotatable bonds is 3. The Bertz CT molecular complexity index is 683. The van der Waals surface area contributed by atoms with Gasteiger partial charge in [-0.3, -0.25) is 9.59 Å². The van der Waals surface area contributed by atoms with Crippen LogP contribution in [0.1, 0.15) is 30.0 Å². The smallest absolute Gasteiger partial charge is 0.310 e. The first kappa shape index (κ1) is 14.5. The summed E-state index contributed by atoms with van der Waals surface area (Å²) in [5.41, 5.74) is 2.42. The Balaban J connectivity index is 1.55. The molecule has 5 heteroatoms. The van der Waals surface area contributed by atoms with E-state index in [-0.39, 0.29) is 11.9 Å². The summed E-state index contributed by atoms with van der Waals surface area (Å²) in [7, 11) is 0. The summed E-state index contributed by atoms with van der Waals surface area (Å²) >= 11 is 0. The first-order valence-electron chi connectivity index (χ1n) is 8.10. The third-order valence-electron chi connectivity index (χ3n) is 5.17. The van der Waals surface area contributed by atoms with Crippen molar-refractivity contribution in [2.45, 2.75) is 37.5 Å². The van der Waals surface area contributed by atoms with Crippen molar-refractivity contribution in [1.82, 2.24) is 5.32 Å². The molecule has 5 atom stereocenters. The molecule has 1 amide bonds. The van der Waals surface area contributed by atoms with Crippen LogP contribution in [-0.2, 0) is 20.7 Å². The highest BCUT2D eigenvalue weighted by Crippen LogP contribution is 2.40. The van der Waals surface area contributed by atoms with Gasteiger partial charge in [-0.15, -0.1) is 0 Å². The molecule has 1 aromatic rings. The molecule has 0 aromatic heterocycles. The molecule has 0 radical (unpaired) electrons. The first-order chi connectivity index (χ1) is 11.1. The number of aliphatic carboxylic acids is 1. The predicted octanol–water partition coefficient (Wildman–Crippen LogP) is 1.83. The standard InChI is InChI=1S/C18H19NO4/c20-17(15-13-8-9-14(23-13)16(15)18(21)22)19-12-7-3-5-10-4-1-2-6-11(10)12/h1-2,4,6,8-9,12-16H,3,5,7H2,(H,19,20)(H,21,22)/t12-,13+,14+,15-,16+/m0/s1. The van der Waals surface area contributed by atoms with Gasteiger partial charge in [0, 0.05) is 0 Å². The van der Waals surface area contributed by atoms with Gasteiger partial charge in [0.15, 0.2) is 0 Å². The van der Waals surface area contributed by atoms with Crippen LogP contribution in [0.15, 0.2) is 36.4 Å². The number of carbonyl (C=O) groups excluding carboxylic acids is 1. The maximum atomic E-state index is 12.7. The zero-order valence-corrected chi connectivity index (χ0v) is 12.6. The number of carboxylic acids is 1. The third kappa shape index (κ3) is 2.36. The number of ether oxygens (including phenoxy) is 1. The van der Waals surface area contributed by atoms with Crippen molar-refractivity contribution in [1.29, 1.82) is 0 Å². The molecule has 120 valence electrons. The highest BCUT2D eigenvalue weighted by Gasteiger charge is 2.53. The lowest BCUT2D eigenvalue weighted by molar-refractivity contribution is -0.146. The lowest BCUT2D eigenvalue weighted by Gasteiger charge is -2.29. The summed E-state index contributed by atoms with van der Waals surface area (Å²) in [4.78, 5) is 24.2. The van der Waals surface area contributed by atoms with Gasteiger partial charge in [-0.05, 0) is 30.4 Å². The van der Waals surface area contributed by atoms with E-state index in [1.807, 2.05) is 24.3 Å². The van der Waals surface area contributed by atoms with Gasteiger partial charge < -0.3 is 15.2 Å². The van der Waals surface area contributed by atoms with Crippen LogP contribution in [0.4, 0.5) is 0 Å². The van der Waals surface area contributed by atoms with Crippen LogP contribution in [0.2, 0.25) is 0 Å². The molecule has 1 saturated heterocycles. The summed E-state index contributed by atoms with van der Waals surface area (Å²) in [6.45, 7) is 0. The van der Waals surface area contributed by atoms with Gasteiger partial charge in [-0.1, -0.05) is 36.4 Å². The number of fused-ring (bicyclic) bond motifs is 3. The van der Waals surface area contributed by atoms with E-state index in [0.717, 1.165) is 24.8 Å². The summed E-state index contributed by atoms with van der Waals surface area (Å²) in [5, 5.41) is 12.5. The second-order valence-electron chi connectivity index (χ2n) is 6.49. The molecule has 2 N–H and O–H groups in total. The van der Waals surface area contributed by atoms with Gasteiger partial charge in [0.25, 0.3) is 0 Å². The maximum Gasteiger partial charge on any atom is 0.310 e. The van der Waals surface area contributed by atoms with Crippen molar-refractivity contribution in [3.8, 4) is 0 Å². The van der Waals surface area contributed by atoms with Crippen molar-refractivity contribution in [3.05, 3.63) is 47.5 Å². The minimum Gasteiger partial charge on any atom is -0.481 e. The molecular formula is C18H19NO4. The van der Waals surface area contributed by atoms with Crippen molar-refractivity contribution in [3.63, 3.8) is 0 Å². The summed E-state index contributed by atoms with van der Waals surface area (Å²) < 4.78 is 5.59. The van der Waals surface area contributed by atoms with E-state index in [1.165, 1.54) is 5.56 Å². The fraction of sp³-hybridized carbons (Fsp3) is 0.444. The van der Waals surface area contributed by atoms with Gasteiger partial charge >= 0.3 is 5.97 Å². The SMILES string of the molecule is O=C(N[C@H]1CCCc2ccccc21)[C@@H]1[C@H](C(=O)O)[C@H]2C=C[C@H]1O2. The number of hydrogen-bond acceptors (Lipinski definition) is 3. The van der Waals surface area contributed by atoms with E-state index in [9.17, 15) is 14.7 Å². The molecule has 23 heavy (non-hydrogen) atoms. The lowest BCUT2D eigenvalue weighted by Crippen LogP contribution is -2.44. The third-order valence-corrected chi connectivity index (χ3v) is 5.17. The van der Waals surface area contributed by atoms with Crippen molar-refractivity contribution in [2.75, 3.05) is 0 Å². The number of benzene rings is 1. The van der Waals surface area contributed by atoms with Crippen LogP contribution in [0.3, 0.4) is 0 Å². The number of amides is 1. The Kier molecular flexibility index (Phi) is 3.45. The lowest BCUT2D eigenvalue weighted by atomic mass is 9.81. The average Bonchev–Trinajstić information content (AvgIpc) is 3.16. The molecule has 1 aromatic carbocycles. The number of aryl methyl sites for hydroxylation is 1. The molecule has 0 saturated carbocycles. The molecule has 1 fully saturated rings. The highest BCUT2D eigenvalue weighted by atomic mass is 16.5. The largest absolute Gasteiger partial charge is 0.481 e. The molecule has 0 unspecified atom stereocenters. The van der Waals surface area contributed by atoms with E-state index in [4.69, 9.17) is 4.74 Å². The van der Waals surface area contributed by atoms with Crippen molar-refractivity contribution < 1.29 is 19.4 Å². The van der Waals surface area contributed by atoms with Crippen LogP contribution in [-0.4, -0.2) is 29.2 Å². The van der Waals surface area contributed by atoms with Crippen LogP contribution < -0.4 is 5.32 Å². The summed E-state index contributed by atoms with van der Waals surface area (Å²) in [6.07, 6.45) is 5.61. The molecule has 1 aliphatic carbocycles. The fourth-order valence-corrected chi connectivity index (χ4v) is 4.09. The highest BCUT2D eigenvalue weighted by molar-refractivity contribution is 5.87. The maximum absolute atomic E-state index is 12.7. The van der Waals surface area contributed by atoms with Crippen LogP contribution >= 0.6 is 0 Å². The topological polar surface area (TPSA) is 75.6 Å². The zero-order valence-electron chi connectivity index (χ0n) is 12.6. The number of carboxylic acid groups (broad SMARTS) is 1. The van der Waals surface area contributed by atoms with E-state index >= 15 is 0 Å². The predicted molar refractivity (Wildman–Crippen MR) is 82.7 cm³/mol. The quantitative estimate of drug-likeness (QED) is 0.835. The second-order valence-corrected chi connectivity index (χ2v) is 6.49. The fourth-order valence-electron chi connectivity index (χ4n) is 4.09. The van der Waals surface area contributed by atoms with Crippen molar-refractivity contribution in [2.24, 2.45) is 11.8 Å². The monoisotopic (exact) mass is 313 g/mol. The molecule has 0 spiro atoms. The minimum absolute atomic E-state index is 0.0370. The molecule has 4 rings (SSSR count). The van der Waals surface area contributed by atoms with Crippen LogP contribution in [0.25, 0.3) is 0 Å². The number of hydrogen-bond donors (Lipinski definition) is 2. The number of nitrogens with one attached hydrogen (secondary N) is 1. The van der Waals surface area contributed by atoms with Gasteiger partial charge in [-0.25, -0.2) is 0 Å². The Morgan fingerprint density at radius 2 is 1.87 bits per heavy atom. The van der Waals surface area contributed by atoms with Gasteiger partial charge in [0.1, 0.15) is 5.92 Å². The zero-order chi connectivity index (χ0) is 16.0. The van der Waals surface area contributed by atoms with E-state index < -0.39 is 30.0 Å². The minimum atomic E-state index is -0.967. The molecule has 2 aliphatic heterocycles. The van der Waals surface area contributed by atoms with Gasteiger partial charge in [0.05, 0.1) is 24.2 Å². The van der Waals surface area contributed by atoms with Crippen LogP contribution in [0.5, 0.6) is 0 Å². The Morgan fingerprint density at radius 3 is 2.65 bits per heavy atom. The average molecular weight is 313 g/mol. The molecule has 5 nitrogen and oxygen atoms in total. The molecule has 3 aliphatic rings. The van der Waals surface area contributed by atoms with Crippen LogP contribution in [0, 0.1) is 11.8 Å². The molecule has 2 heterocycles. The molecular weight excluding hydrogens is 294 g/mol. The van der Waals surface area contributed by atoms with Gasteiger partial charge in [0.2, 0.25) is 5.91 Å². The van der Waals surface area contributed by atoms with Crippen molar-refractivity contribution >= 4 is 11.9 Å². The normalized spacial score (nSPS) is 34.2. The number of carbonyl (C=O) groups is 2. The van der Waals surface area contributed by atoms with E-state index in [0.29, 0.717) is 0 Å². The Hall–Kier alpha value is -2.14. The Labute approximate surface area is 134 Å². The van der Waals surface area contributed by atoms with Gasteiger partial charge in [-0.2, -0.15) is 0 Å². The van der Waals surface area contributed by atoms with E-state index in [2.05, 4.69) is 11.4 Å². The molecule has 2 bridgehead atoms. The summed E-state index contributed by atoms with van der Waals surface area (Å²) in [6, 6.07) is 8.10. The van der Waals surface area contributed by atoms with E-state index in [1.54, 1.807) is 6.08 Å². The first-order valence-corrected chi connectivity index (χ1v) is 8.10.